The summed E-state index contributed by atoms with van der Waals surface area (Å²) in [5, 5.41) is 6.29. The predicted molar refractivity (Wildman–Crippen MR) is 125 cm³/mol. The number of carbonyl (C=O) groups is 3. The van der Waals surface area contributed by atoms with Crippen LogP contribution in [-0.4, -0.2) is 31.1 Å². The van der Waals surface area contributed by atoms with E-state index in [9.17, 15) is 14.4 Å². The molecule has 3 aromatic rings. The van der Waals surface area contributed by atoms with Crippen molar-refractivity contribution in [1.29, 1.82) is 0 Å². The van der Waals surface area contributed by atoms with Gasteiger partial charge in [-0.05, 0) is 78.2 Å². The molecule has 0 radical (unpaired) electrons. The summed E-state index contributed by atoms with van der Waals surface area (Å²) in [4.78, 5) is 36.1. The molecule has 33 heavy (non-hydrogen) atoms. The van der Waals surface area contributed by atoms with Crippen molar-refractivity contribution in [2.24, 2.45) is 5.10 Å². The summed E-state index contributed by atoms with van der Waals surface area (Å²) in [7, 11) is 1.55. The van der Waals surface area contributed by atoms with E-state index in [0.29, 0.717) is 28.3 Å². The van der Waals surface area contributed by atoms with Crippen molar-refractivity contribution in [2.45, 2.75) is 13.3 Å². The number of anilines is 1. The number of hydrazone groups is 1. The molecule has 0 aliphatic carbocycles. The highest BCUT2D eigenvalue weighted by molar-refractivity contribution is 6.39. The molecule has 2 amide bonds. The molecular formula is C25H23N3O5. The van der Waals surface area contributed by atoms with Gasteiger partial charge in [-0.1, -0.05) is 19.1 Å². The van der Waals surface area contributed by atoms with Gasteiger partial charge >= 0.3 is 17.8 Å². The van der Waals surface area contributed by atoms with Crippen molar-refractivity contribution in [1.82, 2.24) is 5.43 Å². The van der Waals surface area contributed by atoms with Gasteiger partial charge < -0.3 is 14.8 Å². The van der Waals surface area contributed by atoms with Crippen molar-refractivity contribution in [2.75, 3.05) is 12.4 Å². The molecule has 0 spiro atoms. The van der Waals surface area contributed by atoms with Gasteiger partial charge in [-0.15, -0.1) is 0 Å². The van der Waals surface area contributed by atoms with Gasteiger partial charge in [0.25, 0.3) is 0 Å². The fourth-order valence-corrected chi connectivity index (χ4v) is 2.74. The molecule has 3 rings (SSSR count). The first kappa shape index (κ1) is 23.2. The van der Waals surface area contributed by atoms with E-state index in [0.717, 1.165) is 12.0 Å². The molecule has 0 saturated carbocycles. The number of hydrogen-bond donors (Lipinski definition) is 2. The molecule has 0 heterocycles. The number of benzene rings is 3. The summed E-state index contributed by atoms with van der Waals surface area (Å²) < 4.78 is 10.4. The van der Waals surface area contributed by atoms with Crippen LogP contribution in [0.4, 0.5) is 5.69 Å². The molecule has 168 valence electrons. The molecule has 0 unspecified atom stereocenters. The van der Waals surface area contributed by atoms with Crippen LogP contribution < -0.4 is 20.2 Å². The van der Waals surface area contributed by atoms with Gasteiger partial charge in [0.2, 0.25) is 0 Å². The standard InChI is InChI=1S/C25H23N3O5/c1-3-17-4-10-20(11-5-17)27-23(29)24(30)28-26-16-18-6-12-22(13-7-18)33-25(31)19-8-14-21(32-2)15-9-19/h4-16H,3H2,1-2H3,(H,27,29)(H,28,30). The Kier molecular flexibility index (Phi) is 7.91. The van der Waals surface area contributed by atoms with E-state index >= 15 is 0 Å². The molecule has 0 saturated heterocycles. The largest absolute Gasteiger partial charge is 0.497 e. The lowest BCUT2D eigenvalue weighted by molar-refractivity contribution is -0.136. The molecule has 0 atom stereocenters. The van der Waals surface area contributed by atoms with E-state index in [2.05, 4.69) is 15.8 Å². The number of nitrogens with one attached hydrogen (secondary N) is 2. The van der Waals surface area contributed by atoms with Crippen molar-refractivity contribution in [3.63, 3.8) is 0 Å². The van der Waals surface area contributed by atoms with Crippen LogP contribution in [-0.2, 0) is 16.0 Å². The van der Waals surface area contributed by atoms with E-state index in [1.54, 1.807) is 67.8 Å². The Labute approximate surface area is 191 Å². The van der Waals surface area contributed by atoms with Gasteiger partial charge in [-0.2, -0.15) is 5.10 Å². The fraction of sp³-hybridized carbons (Fsp3) is 0.120. The summed E-state index contributed by atoms with van der Waals surface area (Å²) in [6.07, 6.45) is 2.26. The Morgan fingerprint density at radius 2 is 1.48 bits per heavy atom. The van der Waals surface area contributed by atoms with Crippen molar-refractivity contribution in [3.8, 4) is 11.5 Å². The monoisotopic (exact) mass is 445 g/mol. The second-order valence-corrected chi connectivity index (χ2v) is 6.89. The third-order valence-corrected chi connectivity index (χ3v) is 4.62. The van der Waals surface area contributed by atoms with E-state index in [4.69, 9.17) is 9.47 Å². The van der Waals surface area contributed by atoms with E-state index < -0.39 is 17.8 Å². The van der Waals surface area contributed by atoms with Crippen LogP contribution in [0, 0.1) is 0 Å². The van der Waals surface area contributed by atoms with Crippen LogP contribution in [0.25, 0.3) is 0 Å². The highest BCUT2D eigenvalue weighted by Gasteiger charge is 2.13. The van der Waals surface area contributed by atoms with Crippen LogP contribution >= 0.6 is 0 Å². The zero-order valence-corrected chi connectivity index (χ0v) is 18.2. The Hall–Kier alpha value is -4.46. The molecule has 2 N–H and O–H groups in total. The average molecular weight is 445 g/mol. The summed E-state index contributed by atoms with van der Waals surface area (Å²) in [5.41, 5.74) is 4.85. The molecule has 0 aromatic heterocycles. The van der Waals surface area contributed by atoms with Gasteiger partial charge in [0, 0.05) is 5.69 Å². The number of methoxy groups -OCH3 is 1. The van der Waals surface area contributed by atoms with Crippen LogP contribution in [0.3, 0.4) is 0 Å². The van der Waals surface area contributed by atoms with Crippen molar-refractivity contribution < 1.29 is 23.9 Å². The zero-order valence-electron chi connectivity index (χ0n) is 18.2. The van der Waals surface area contributed by atoms with Crippen LogP contribution in [0.15, 0.2) is 77.9 Å². The maximum Gasteiger partial charge on any atom is 0.343 e. The van der Waals surface area contributed by atoms with Crippen molar-refractivity contribution in [3.05, 3.63) is 89.5 Å². The summed E-state index contributed by atoms with van der Waals surface area (Å²) >= 11 is 0. The van der Waals surface area contributed by atoms with Crippen molar-refractivity contribution >= 4 is 29.7 Å². The highest BCUT2D eigenvalue weighted by Crippen LogP contribution is 2.16. The predicted octanol–water partition coefficient (Wildman–Crippen LogP) is 3.57. The Balaban J connectivity index is 1.49. The molecule has 8 heteroatoms. The zero-order chi connectivity index (χ0) is 23.6. The first-order valence-corrected chi connectivity index (χ1v) is 10.2. The third kappa shape index (κ3) is 6.76. The summed E-state index contributed by atoms with van der Waals surface area (Å²) in [6, 6.07) is 20.3. The maximum absolute atomic E-state index is 12.2. The lowest BCUT2D eigenvalue weighted by Gasteiger charge is -2.06. The van der Waals surface area contributed by atoms with Gasteiger partial charge in [-0.25, -0.2) is 10.2 Å². The van der Waals surface area contributed by atoms with Gasteiger partial charge in [0.15, 0.2) is 0 Å². The topological polar surface area (TPSA) is 106 Å². The van der Waals surface area contributed by atoms with E-state index in [1.165, 1.54) is 6.21 Å². The Bertz CT molecular complexity index is 1140. The minimum Gasteiger partial charge on any atom is -0.497 e. The SMILES string of the molecule is CCc1ccc(NC(=O)C(=O)NN=Cc2ccc(OC(=O)c3ccc(OC)cc3)cc2)cc1. The Morgan fingerprint density at radius 3 is 2.09 bits per heavy atom. The number of hydrogen-bond acceptors (Lipinski definition) is 6. The van der Waals surface area contributed by atoms with Gasteiger partial charge in [-0.3, -0.25) is 9.59 Å². The molecular weight excluding hydrogens is 422 g/mol. The number of amides is 2. The van der Waals surface area contributed by atoms with Gasteiger partial charge in [0.05, 0.1) is 18.9 Å². The molecule has 0 aliphatic rings. The molecule has 0 aliphatic heterocycles. The fourth-order valence-electron chi connectivity index (χ4n) is 2.74. The molecule has 0 bridgehead atoms. The summed E-state index contributed by atoms with van der Waals surface area (Å²) in [6.45, 7) is 2.03. The first-order chi connectivity index (χ1) is 16.0. The molecule has 0 fully saturated rings. The Morgan fingerprint density at radius 1 is 0.848 bits per heavy atom. The lowest BCUT2D eigenvalue weighted by Crippen LogP contribution is -2.32. The number of aryl methyl sites for hydroxylation is 1. The minimum absolute atomic E-state index is 0.352. The van der Waals surface area contributed by atoms with Crippen LogP contribution in [0.5, 0.6) is 11.5 Å². The number of carbonyl (C=O) groups excluding carboxylic acids is 3. The van der Waals surface area contributed by atoms with E-state index in [-0.39, 0.29) is 0 Å². The number of esters is 1. The molecule has 8 nitrogen and oxygen atoms in total. The maximum atomic E-state index is 12.2. The minimum atomic E-state index is -0.893. The highest BCUT2D eigenvalue weighted by atomic mass is 16.5. The molecule has 3 aromatic carbocycles. The second kappa shape index (κ2) is 11.2. The smallest absolute Gasteiger partial charge is 0.343 e. The van der Waals surface area contributed by atoms with Crippen LogP contribution in [0.1, 0.15) is 28.4 Å². The number of rotatable bonds is 7. The third-order valence-electron chi connectivity index (χ3n) is 4.62. The number of nitrogens with zero attached hydrogens (tertiary/aromatic N) is 1. The number of ether oxygens (including phenoxy) is 2. The second-order valence-electron chi connectivity index (χ2n) is 6.89. The van der Waals surface area contributed by atoms with Crippen LogP contribution in [0.2, 0.25) is 0 Å². The van der Waals surface area contributed by atoms with Gasteiger partial charge in [0.1, 0.15) is 11.5 Å². The normalized spacial score (nSPS) is 10.5. The average Bonchev–Trinajstić information content (AvgIpc) is 2.85. The quantitative estimate of drug-likeness (QED) is 0.190. The lowest BCUT2D eigenvalue weighted by atomic mass is 10.1. The summed E-state index contributed by atoms with van der Waals surface area (Å²) in [5.74, 6) is -1.22. The first-order valence-electron chi connectivity index (χ1n) is 10.2. The van der Waals surface area contributed by atoms with E-state index in [1.807, 2.05) is 19.1 Å².